The van der Waals surface area contributed by atoms with E-state index in [1.165, 1.54) is 25.1 Å². The lowest BCUT2D eigenvalue weighted by Crippen LogP contribution is -2.28. The number of hydrogen-bond donors (Lipinski definition) is 2. The summed E-state index contributed by atoms with van der Waals surface area (Å²) in [4.78, 5) is 52.7. The summed E-state index contributed by atoms with van der Waals surface area (Å²) in [6, 6.07) is 10.2. The van der Waals surface area contributed by atoms with E-state index in [-0.39, 0.29) is 48.1 Å². The molecule has 0 saturated carbocycles. The van der Waals surface area contributed by atoms with Crippen molar-refractivity contribution in [2.24, 2.45) is 0 Å². The largest absolute Gasteiger partial charge is 0.426 e. The zero-order chi connectivity index (χ0) is 27.0. The lowest BCUT2D eigenvalue weighted by atomic mass is 10.1. The highest BCUT2D eigenvalue weighted by molar-refractivity contribution is 5.98. The second-order valence-corrected chi connectivity index (χ2v) is 8.58. The summed E-state index contributed by atoms with van der Waals surface area (Å²) in [5.74, 6) is -3.24. The van der Waals surface area contributed by atoms with Crippen LogP contribution in [0.4, 0.5) is 8.78 Å². The molecule has 2 aromatic carbocycles. The van der Waals surface area contributed by atoms with E-state index in [4.69, 9.17) is 4.74 Å². The molecule has 0 fully saturated rings. The van der Waals surface area contributed by atoms with Crippen LogP contribution in [0.1, 0.15) is 54.9 Å². The summed E-state index contributed by atoms with van der Waals surface area (Å²) in [7, 11) is 0. The molecule has 4 aromatic rings. The molecule has 2 amide bonds. The van der Waals surface area contributed by atoms with Crippen molar-refractivity contribution < 1.29 is 32.7 Å². The number of Topliss-reactive ketones (excluding diaryl/α,β-unsaturated/α-hetero) is 1. The van der Waals surface area contributed by atoms with Gasteiger partial charge in [0.25, 0.3) is 11.8 Å². The number of ether oxygens (including phenoxy) is 1. The van der Waals surface area contributed by atoms with Gasteiger partial charge < -0.3 is 15.4 Å². The van der Waals surface area contributed by atoms with Crippen molar-refractivity contribution in [3.8, 4) is 5.75 Å². The Balaban J connectivity index is 1.33. The Morgan fingerprint density at radius 2 is 1.68 bits per heavy atom. The topological polar surface area (TPSA) is 132 Å². The number of nitrogens with zero attached hydrogens (tertiary/aromatic N) is 3. The second kappa shape index (κ2) is 9.81. The minimum atomic E-state index is -0.834. The number of hydrogen-bond acceptors (Lipinski definition) is 7. The molecule has 0 unspecified atom stereocenters. The first-order chi connectivity index (χ1) is 18.2. The van der Waals surface area contributed by atoms with Gasteiger partial charge in [0.2, 0.25) is 0 Å². The maximum absolute atomic E-state index is 14.3. The number of halogens is 2. The maximum atomic E-state index is 14.3. The van der Waals surface area contributed by atoms with Crippen molar-refractivity contribution in [3.63, 3.8) is 0 Å². The van der Waals surface area contributed by atoms with E-state index in [0.717, 1.165) is 16.8 Å². The highest BCUT2D eigenvalue weighted by Crippen LogP contribution is 2.26. The molecule has 3 heterocycles. The second-order valence-electron chi connectivity index (χ2n) is 8.58. The Hall–Kier alpha value is -5.00. The normalized spacial score (nSPS) is 12.2. The average Bonchev–Trinajstić information content (AvgIpc) is 3.45. The van der Waals surface area contributed by atoms with Gasteiger partial charge in [-0.05, 0) is 42.3 Å². The number of rotatable bonds is 7. The van der Waals surface area contributed by atoms with Gasteiger partial charge in [-0.25, -0.2) is 18.3 Å². The number of aromatic nitrogens is 3. The number of nitrogens with one attached hydrogen (secondary N) is 2. The Labute approximate surface area is 213 Å². The number of carbonyl (C=O) groups excluding carboxylic acids is 4. The third-order valence-electron chi connectivity index (χ3n) is 5.90. The first-order valence-electron chi connectivity index (χ1n) is 11.4. The predicted octanol–water partition coefficient (Wildman–Crippen LogP) is 2.53. The number of carbonyl (C=O) groups is 4. The number of amides is 2. The highest BCUT2D eigenvalue weighted by Gasteiger charge is 2.22. The third-order valence-corrected chi connectivity index (χ3v) is 5.90. The molecule has 0 bridgehead atoms. The van der Waals surface area contributed by atoms with Crippen LogP contribution in [0.3, 0.4) is 0 Å². The molecule has 192 valence electrons. The van der Waals surface area contributed by atoms with E-state index >= 15 is 0 Å². The Morgan fingerprint density at radius 1 is 0.974 bits per heavy atom. The standard InChI is InChI=1S/C26H19F2N5O5/c1-13(34)17-4-2-15(7-18(17)27)11-30-26(37)21-9-20(32-24-19(28)12-31-33(21)24)25(36)29-10-14-3-5-22-16(6-14)8-23(35)38-22/h2-7,9,12H,8,10-11H2,1H3,(H,29,36)(H,30,37). The van der Waals surface area contributed by atoms with Crippen LogP contribution in [-0.2, 0) is 24.3 Å². The average molecular weight is 519 g/mol. The summed E-state index contributed by atoms with van der Waals surface area (Å²) < 4.78 is 34.5. The fourth-order valence-corrected chi connectivity index (χ4v) is 4.01. The van der Waals surface area contributed by atoms with E-state index in [2.05, 4.69) is 20.7 Å². The Kier molecular flexibility index (Phi) is 6.37. The summed E-state index contributed by atoms with van der Waals surface area (Å²) in [6.45, 7) is 1.22. The quantitative estimate of drug-likeness (QED) is 0.218. The molecule has 38 heavy (non-hydrogen) atoms. The summed E-state index contributed by atoms with van der Waals surface area (Å²) in [5, 5.41) is 9.05. The van der Waals surface area contributed by atoms with Crippen molar-refractivity contribution in [1.82, 2.24) is 25.2 Å². The molecule has 0 aliphatic carbocycles. The smallest absolute Gasteiger partial charge is 0.315 e. The molecule has 0 spiro atoms. The van der Waals surface area contributed by atoms with Gasteiger partial charge in [0.05, 0.1) is 18.2 Å². The lowest BCUT2D eigenvalue weighted by Gasteiger charge is -2.10. The van der Waals surface area contributed by atoms with Gasteiger partial charge in [0, 0.05) is 24.7 Å². The molecule has 0 atom stereocenters. The number of fused-ring (bicyclic) bond motifs is 2. The van der Waals surface area contributed by atoms with Gasteiger partial charge in [-0.3, -0.25) is 19.2 Å². The van der Waals surface area contributed by atoms with Crippen LogP contribution in [-0.4, -0.2) is 38.2 Å². The van der Waals surface area contributed by atoms with Gasteiger partial charge in [-0.15, -0.1) is 0 Å². The molecule has 1 aliphatic rings. The first-order valence-corrected chi connectivity index (χ1v) is 11.4. The maximum Gasteiger partial charge on any atom is 0.315 e. The molecular weight excluding hydrogens is 500 g/mol. The molecular formula is C26H19F2N5O5. The number of esters is 1. The van der Waals surface area contributed by atoms with Crippen LogP contribution >= 0.6 is 0 Å². The Bertz CT molecular complexity index is 1650. The molecule has 1 aliphatic heterocycles. The summed E-state index contributed by atoms with van der Waals surface area (Å²) in [5.41, 5.74) is 1.01. The van der Waals surface area contributed by atoms with Gasteiger partial charge in [0.15, 0.2) is 17.2 Å². The van der Waals surface area contributed by atoms with Crippen LogP contribution in [0.25, 0.3) is 5.65 Å². The predicted molar refractivity (Wildman–Crippen MR) is 127 cm³/mol. The van der Waals surface area contributed by atoms with Crippen molar-refractivity contribution in [1.29, 1.82) is 0 Å². The molecule has 2 aromatic heterocycles. The monoisotopic (exact) mass is 519 g/mol. The third kappa shape index (κ3) is 4.83. The minimum Gasteiger partial charge on any atom is -0.426 e. The highest BCUT2D eigenvalue weighted by atomic mass is 19.1. The fourth-order valence-electron chi connectivity index (χ4n) is 4.01. The summed E-state index contributed by atoms with van der Waals surface area (Å²) in [6.07, 6.45) is 1.01. The molecule has 0 saturated heterocycles. The summed E-state index contributed by atoms with van der Waals surface area (Å²) >= 11 is 0. The zero-order valence-electron chi connectivity index (χ0n) is 19.9. The van der Waals surface area contributed by atoms with E-state index in [9.17, 15) is 28.0 Å². The van der Waals surface area contributed by atoms with Crippen molar-refractivity contribution in [2.45, 2.75) is 26.4 Å². The van der Waals surface area contributed by atoms with Crippen molar-refractivity contribution >= 4 is 29.2 Å². The van der Waals surface area contributed by atoms with E-state index < -0.39 is 29.2 Å². The van der Waals surface area contributed by atoms with E-state index in [1.807, 2.05) is 0 Å². The van der Waals surface area contributed by atoms with Crippen molar-refractivity contribution in [2.75, 3.05) is 0 Å². The van der Waals surface area contributed by atoms with Gasteiger partial charge >= 0.3 is 5.97 Å². The van der Waals surface area contributed by atoms with E-state index in [1.54, 1.807) is 18.2 Å². The van der Waals surface area contributed by atoms with Crippen LogP contribution in [0.15, 0.2) is 48.7 Å². The SMILES string of the molecule is CC(=O)c1ccc(CNC(=O)c2cc(C(=O)NCc3ccc4c(c3)CC(=O)O4)nc3c(F)cnn23)cc1F. The first kappa shape index (κ1) is 24.7. The van der Waals surface area contributed by atoms with Gasteiger partial charge in [-0.2, -0.15) is 5.10 Å². The molecule has 5 rings (SSSR count). The van der Waals surface area contributed by atoms with Crippen molar-refractivity contribution in [3.05, 3.63) is 93.9 Å². The molecule has 10 nitrogen and oxygen atoms in total. The minimum absolute atomic E-state index is 0.0692. The van der Waals surface area contributed by atoms with Crippen LogP contribution in [0.5, 0.6) is 5.75 Å². The van der Waals surface area contributed by atoms with Gasteiger partial charge in [0.1, 0.15) is 23.0 Å². The molecule has 2 N–H and O–H groups in total. The zero-order valence-corrected chi connectivity index (χ0v) is 19.9. The van der Waals surface area contributed by atoms with Crippen LogP contribution in [0, 0.1) is 11.6 Å². The van der Waals surface area contributed by atoms with Crippen LogP contribution in [0.2, 0.25) is 0 Å². The molecule has 12 heteroatoms. The number of ketones is 1. The van der Waals surface area contributed by atoms with E-state index in [0.29, 0.717) is 22.4 Å². The fraction of sp³-hybridized carbons (Fsp3) is 0.154. The molecule has 0 radical (unpaired) electrons. The number of benzene rings is 2. The van der Waals surface area contributed by atoms with Crippen LogP contribution < -0.4 is 15.4 Å². The lowest BCUT2D eigenvalue weighted by molar-refractivity contribution is -0.131. The Morgan fingerprint density at radius 3 is 2.42 bits per heavy atom. The van der Waals surface area contributed by atoms with Gasteiger partial charge in [-0.1, -0.05) is 12.1 Å².